The molecule has 6 heteroatoms. The molecule has 0 radical (unpaired) electrons. The number of carbonyl (C=O) groups is 3. The van der Waals surface area contributed by atoms with Gasteiger partial charge in [-0.25, -0.2) is 0 Å². The van der Waals surface area contributed by atoms with Crippen LogP contribution in [0, 0.1) is 6.92 Å². The molecular weight excluding hydrogens is 438 g/mol. The molecule has 1 aliphatic carbocycles. The molecule has 180 valence electrons. The van der Waals surface area contributed by atoms with Crippen molar-refractivity contribution in [3.8, 4) is 0 Å². The highest BCUT2D eigenvalue weighted by Crippen LogP contribution is 2.37. The summed E-state index contributed by atoms with van der Waals surface area (Å²) in [5.74, 6) is -0.571. The van der Waals surface area contributed by atoms with Crippen LogP contribution in [0.1, 0.15) is 54.1 Å². The van der Waals surface area contributed by atoms with E-state index >= 15 is 0 Å². The average molecular weight is 470 g/mol. The Morgan fingerprint density at radius 2 is 1.77 bits per heavy atom. The van der Waals surface area contributed by atoms with Crippen LogP contribution in [0.5, 0.6) is 0 Å². The van der Waals surface area contributed by atoms with E-state index in [4.69, 9.17) is 0 Å². The van der Waals surface area contributed by atoms with Crippen molar-refractivity contribution in [2.75, 3.05) is 11.4 Å². The molecule has 1 heterocycles. The predicted octanol–water partition coefficient (Wildman–Crippen LogP) is 4.58. The Morgan fingerprint density at radius 3 is 2.51 bits per heavy atom. The Labute approximate surface area is 205 Å². The number of anilines is 1. The number of carbonyl (C=O) groups excluding carboxylic acids is 3. The van der Waals surface area contributed by atoms with E-state index in [9.17, 15) is 14.4 Å². The number of nitrogens with one attached hydrogen (secondary N) is 1. The quantitative estimate of drug-likeness (QED) is 0.551. The van der Waals surface area contributed by atoms with Gasteiger partial charge in [-0.15, -0.1) is 0 Å². The van der Waals surface area contributed by atoms with E-state index in [-0.39, 0.29) is 30.3 Å². The summed E-state index contributed by atoms with van der Waals surface area (Å²) in [4.78, 5) is 43.3. The van der Waals surface area contributed by atoms with Gasteiger partial charge in [0.25, 0.3) is 5.91 Å². The van der Waals surface area contributed by atoms with Gasteiger partial charge in [-0.2, -0.15) is 0 Å². The zero-order valence-corrected chi connectivity index (χ0v) is 20.3. The standard InChI is InChI=1S/C29H31N3O3/c1-19-8-5-9-21(16-19)17-31(20(2)28(34)30-23-12-3-4-13-23)26(33)18-32-25-15-7-11-22-10-6-14-24(27(22)25)29(32)35/h5-11,14-16,20,23H,3-4,12-13,17-18H2,1-2H3,(H,30,34). The van der Waals surface area contributed by atoms with Crippen molar-refractivity contribution in [1.29, 1.82) is 0 Å². The number of aryl methyl sites for hydroxylation is 1. The van der Waals surface area contributed by atoms with E-state index in [1.54, 1.807) is 22.8 Å². The highest BCUT2D eigenvalue weighted by Gasteiger charge is 2.34. The van der Waals surface area contributed by atoms with E-state index in [1.165, 1.54) is 0 Å². The van der Waals surface area contributed by atoms with Crippen LogP contribution in [0.3, 0.4) is 0 Å². The third-order valence-corrected chi connectivity index (χ3v) is 7.25. The lowest BCUT2D eigenvalue weighted by atomic mass is 10.1. The topological polar surface area (TPSA) is 69.7 Å². The summed E-state index contributed by atoms with van der Waals surface area (Å²) in [6, 6.07) is 18.9. The van der Waals surface area contributed by atoms with Crippen molar-refractivity contribution in [3.63, 3.8) is 0 Å². The molecular formula is C29H31N3O3. The summed E-state index contributed by atoms with van der Waals surface area (Å²) in [5, 5.41) is 4.99. The van der Waals surface area contributed by atoms with Gasteiger partial charge in [0.15, 0.2) is 0 Å². The molecule has 1 N–H and O–H groups in total. The molecule has 2 aliphatic rings. The fourth-order valence-electron chi connectivity index (χ4n) is 5.34. The molecule has 1 unspecified atom stereocenters. The Bertz CT molecular complexity index is 1290. The van der Waals surface area contributed by atoms with Crippen molar-refractivity contribution in [2.45, 2.75) is 58.2 Å². The molecule has 1 aliphatic heterocycles. The molecule has 0 spiro atoms. The van der Waals surface area contributed by atoms with Crippen LogP contribution in [0.15, 0.2) is 60.7 Å². The second kappa shape index (κ2) is 9.53. The summed E-state index contributed by atoms with van der Waals surface area (Å²) in [6.07, 6.45) is 4.20. The van der Waals surface area contributed by atoms with E-state index < -0.39 is 6.04 Å². The van der Waals surface area contributed by atoms with Crippen molar-refractivity contribution in [2.24, 2.45) is 0 Å². The molecule has 1 fully saturated rings. The highest BCUT2D eigenvalue weighted by molar-refractivity contribution is 6.26. The minimum atomic E-state index is -0.653. The largest absolute Gasteiger partial charge is 0.352 e. The number of benzene rings is 3. The van der Waals surface area contributed by atoms with Crippen LogP contribution >= 0.6 is 0 Å². The van der Waals surface area contributed by atoms with Crippen molar-refractivity contribution < 1.29 is 14.4 Å². The first-order valence-electron chi connectivity index (χ1n) is 12.4. The molecule has 3 aromatic rings. The van der Waals surface area contributed by atoms with Crippen molar-refractivity contribution in [3.05, 3.63) is 77.4 Å². The van der Waals surface area contributed by atoms with Crippen LogP contribution in [0.25, 0.3) is 10.8 Å². The van der Waals surface area contributed by atoms with Gasteiger partial charge in [0, 0.05) is 23.5 Å². The van der Waals surface area contributed by atoms with Gasteiger partial charge >= 0.3 is 0 Å². The van der Waals surface area contributed by atoms with E-state index in [0.29, 0.717) is 12.1 Å². The third kappa shape index (κ3) is 4.53. The Hall–Kier alpha value is -3.67. The molecule has 0 aromatic heterocycles. The summed E-state index contributed by atoms with van der Waals surface area (Å²) >= 11 is 0. The van der Waals surface area contributed by atoms with E-state index in [1.807, 2.05) is 61.5 Å². The van der Waals surface area contributed by atoms with Crippen LogP contribution in [0.4, 0.5) is 5.69 Å². The Kier molecular flexibility index (Phi) is 6.29. The molecule has 1 atom stereocenters. The second-order valence-electron chi connectivity index (χ2n) is 9.75. The second-order valence-corrected chi connectivity index (χ2v) is 9.75. The average Bonchev–Trinajstić information content (AvgIpc) is 3.46. The summed E-state index contributed by atoms with van der Waals surface area (Å²) in [7, 11) is 0. The zero-order chi connectivity index (χ0) is 24.5. The first-order valence-corrected chi connectivity index (χ1v) is 12.4. The van der Waals surface area contributed by atoms with Gasteiger partial charge < -0.3 is 10.2 Å². The van der Waals surface area contributed by atoms with Crippen LogP contribution in [-0.4, -0.2) is 41.2 Å². The van der Waals surface area contributed by atoms with E-state index in [0.717, 1.165) is 53.3 Å². The maximum Gasteiger partial charge on any atom is 0.259 e. The summed E-state index contributed by atoms with van der Waals surface area (Å²) in [5.41, 5.74) is 3.41. The SMILES string of the molecule is Cc1cccc(CN(C(=O)CN2C(=O)c3cccc4cccc2c34)C(C)C(=O)NC2CCCC2)c1. The molecule has 35 heavy (non-hydrogen) atoms. The van der Waals surface area contributed by atoms with Gasteiger partial charge in [0.2, 0.25) is 11.8 Å². The Morgan fingerprint density at radius 1 is 1.06 bits per heavy atom. The molecule has 3 aromatic carbocycles. The van der Waals surface area contributed by atoms with Crippen molar-refractivity contribution in [1.82, 2.24) is 10.2 Å². The number of nitrogens with zero attached hydrogens (tertiary/aromatic N) is 2. The summed E-state index contributed by atoms with van der Waals surface area (Å²) in [6.45, 7) is 3.98. The van der Waals surface area contributed by atoms with Crippen molar-refractivity contribution >= 4 is 34.2 Å². The monoisotopic (exact) mass is 469 g/mol. The minimum absolute atomic E-state index is 0.112. The maximum atomic E-state index is 13.7. The predicted molar refractivity (Wildman–Crippen MR) is 137 cm³/mol. The smallest absolute Gasteiger partial charge is 0.259 e. The number of rotatable bonds is 7. The normalized spacial score (nSPS) is 16.1. The number of hydrogen-bond acceptors (Lipinski definition) is 3. The molecule has 1 saturated carbocycles. The number of hydrogen-bond donors (Lipinski definition) is 1. The van der Waals surface area contributed by atoms with E-state index in [2.05, 4.69) is 5.32 Å². The Balaban J connectivity index is 1.41. The fourth-order valence-corrected chi connectivity index (χ4v) is 5.34. The molecule has 3 amide bonds. The summed E-state index contributed by atoms with van der Waals surface area (Å²) < 4.78 is 0. The van der Waals surface area contributed by atoms with Gasteiger partial charge in [-0.1, -0.05) is 66.9 Å². The number of amides is 3. The fraction of sp³-hybridized carbons (Fsp3) is 0.345. The van der Waals surface area contributed by atoms with Crippen LogP contribution in [-0.2, 0) is 16.1 Å². The molecule has 0 saturated heterocycles. The molecule has 6 nitrogen and oxygen atoms in total. The minimum Gasteiger partial charge on any atom is -0.352 e. The first kappa shape index (κ1) is 23.1. The highest BCUT2D eigenvalue weighted by atomic mass is 16.2. The van der Waals surface area contributed by atoms with Crippen LogP contribution < -0.4 is 10.2 Å². The maximum absolute atomic E-state index is 13.7. The lowest BCUT2D eigenvalue weighted by Crippen LogP contribution is -2.52. The lowest BCUT2D eigenvalue weighted by Gasteiger charge is -2.31. The zero-order valence-electron chi connectivity index (χ0n) is 20.3. The van der Waals surface area contributed by atoms with Gasteiger partial charge in [0.05, 0.1) is 5.69 Å². The third-order valence-electron chi connectivity index (χ3n) is 7.25. The lowest BCUT2D eigenvalue weighted by molar-refractivity contribution is -0.139. The van der Waals surface area contributed by atoms with Crippen LogP contribution in [0.2, 0.25) is 0 Å². The van der Waals surface area contributed by atoms with Gasteiger partial charge in [0.1, 0.15) is 12.6 Å². The first-order chi connectivity index (χ1) is 16.9. The molecule has 0 bridgehead atoms. The van der Waals surface area contributed by atoms with Gasteiger partial charge in [-0.05, 0) is 49.8 Å². The molecule has 5 rings (SSSR count). The van der Waals surface area contributed by atoms with Gasteiger partial charge in [-0.3, -0.25) is 19.3 Å².